The third kappa shape index (κ3) is 4.50. The summed E-state index contributed by atoms with van der Waals surface area (Å²) in [6.45, 7) is 2.40. The van der Waals surface area contributed by atoms with Crippen LogP contribution in [0.5, 0.6) is 0 Å². The van der Waals surface area contributed by atoms with Crippen molar-refractivity contribution in [3.8, 4) is 0 Å². The van der Waals surface area contributed by atoms with Crippen LogP contribution in [0.2, 0.25) is 0 Å². The van der Waals surface area contributed by atoms with Crippen molar-refractivity contribution in [3.63, 3.8) is 0 Å². The number of aromatic amines is 1. The predicted octanol–water partition coefficient (Wildman–Crippen LogP) is 2.41. The minimum Gasteiger partial charge on any atom is -0.383 e. The molecule has 0 spiro atoms. The molecule has 0 unspecified atom stereocenters. The van der Waals surface area contributed by atoms with Gasteiger partial charge in [0.05, 0.1) is 41.2 Å². The van der Waals surface area contributed by atoms with Crippen LogP contribution in [0.4, 0.5) is 11.5 Å². The second-order valence-corrected chi connectivity index (χ2v) is 7.14. The maximum absolute atomic E-state index is 13.1. The van der Waals surface area contributed by atoms with E-state index in [4.69, 9.17) is 5.73 Å². The number of rotatable bonds is 5. The van der Waals surface area contributed by atoms with Crippen molar-refractivity contribution in [2.75, 3.05) is 11.1 Å². The highest BCUT2D eigenvalue weighted by Crippen LogP contribution is 2.24. The number of amides is 2. The number of carbonyl (C=O) groups is 2. The standard InChI is InChI=1S/C22H21N7O2/c1-14-7-8-16(24-9-14)13-29(12-15-5-3-2-4-6-15)22(31)21(30)27-18-11-25-20(23)17-10-26-28-19(17)18/h2-11H,12-13H2,1H3,(H2,23,25)(H,26,28)(H,27,30). The first-order valence-corrected chi connectivity index (χ1v) is 9.64. The zero-order valence-corrected chi connectivity index (χ0v) is 16.9. The molecule has 0 aliphatic carbocycles. The van der Waals surface area contributed by atoms with Gasteiger partial charge in [0.15, 0.2) is 0 Å². The summed E-state index contributed by atoms with van der Waals surface area (Å²) < 4.78 is 0. The SMILES string of the molecule is Cc1ccc(CN(Cc2ccccc2)C(=O)C(=O)Nc2cnc(N)c3cn[nH]c23)nc1. The van der Waals surface area contributed by atoms with Crippen molar-refractivity contribution in [3.05, 3.63) is 77.9 Å². The number of hydrogen-bond donors (Lipinski definition) is 3. The number of H-pyrrole nitrogens is 1. The lowest BCUT2D eigenvalue weighted by Crippen LogP contribution is -2.39. The van der Waals surface area contributed by atoms with Crippen LogP contribution in [-0.4, -0.2) is 36.9 Å². The van der Waals surface area contributed by atoms with Crippen molar-refractivity contribution in [2.24, 2.45) is 0 Å². The molecule has 156 valence electrons. The molecular weight excluding hydrogens is 394 g/mol. The van der Waals surface area contributed by atoms with E-state index in [9.17, 15) is 9.59 Å². The number of nitrogen functional groups attached to an aromatic ring is 1. The van der Waals surface area contributed by atoms with Crippen LogP contribution in [0, 0.1) is 6.92 Å². The van der Waals surface area contributed by atoms with Crippen LogP contribution in [0.1, 0.15) is 16.8 Å². The first kappa shape index (κ1) is 20.0. The highest BCUT2D eigenvalue weighted by atomic mass is 16.2. The Morgan fingerprint density at radius 3 is 2.58 bits per heavy atom. The summed E-state index contributed by atoms with van der Waals surface area (Å²) in [6.07, 6.45) is 4.64. The average Bonchev–Trinajstić information content (AvgIpc) is 3.28. The summed E-state index contributed by atoms with van der Waals surface area (Å²) in [5.41, 5.74) is 9.26. The Bertz CT molecular complexity index is 1220. The summed E-state index contributed by atoms with van der Waals surface area (Å²) in [4.78, 5) is 35.8. The van der Waals surface area contributed by atoms with Crippen LogP contribution in [0.15, 0.2) is 61.1 Å². The molecule has 0 aliphatic heterocycles. The number of anilines is 2. The van der Waals surface area contributed by atoms with Gasteiger partial charge in [-0.25, -0.2) is 4.98 Å². The molecule has 4 aromatic rings. The van der Waals surface area contributed by atoms with Crippen molar-refractivity contribution >= 4 is 34.2 Å². The van der Waals surface area contributed by atoms with Gasteiger partial charge in [0.2, 0.25) is 0 Å². The fraction of sp³-hybridized carbons (Fsp3) is 0.136. The van der Waals surface area contributed by atoms with Crippen LogP contribution < -0.4 is 11.1 Å². The molecule has 1 aromatic carbocycles. The molecule has 0 saturated carbocycles. The minimum atomic E-state index is -0.787. The summed E-state index contributed by atoms with van der Waals surface area (Å²) in [5, 5.41) is 9.88. The molecule has 4 rings (SSSR count). The third-order valence-corrected chi connectivity index (χ3v) is 4.79. The molecule has 3 heterocycles. The number of nitrogens with one attached hydrogen (secondary N) is 2. The van der Waals surface area contributed by atoms with Crippen molar-refractivity contribution in [1.82, 2.24) is 25.1 Å². The Morgan fingerprint density at radius 2 is 1.84 bits per heavy atom. The maximum atomic E-state index is 13.1. The molecular formula is C22H21N7O2. The molecule has 0 fully saturated rings. The number of aromatic nitrogens is 4. The fourth-order valence-electron chi connectivity index (χ4n) is 3.16. The van der Waals surface area contributed by atoms with Gasteiger partial charge in [-0.1, -0.05) is 36.4 Å². The van der Waals surface area contributed by atoms with Gasteiger partial charge in [0.1, 0.15) is 5.82 Å². The van der Waals surface area contributed by atoms with Crippen molar-refractivity contribution in [2.45, 2.75) is 20.0 Å². The van der Waals surface area contributed by atoms with E-state index in [2.05, 4.69) is 25.5 Å². The van der Waals surface area contributed by atoms with E-state index in [0.29, 0.717) is 22.3 Å². The highest BCUT2D eigenvalue weighted by Gasteiger charge is 2.24. The molecule has 0 saturated heterocycles. The third-order valence-electron chi connectivity index (χ3n) is 4.79. The highest BCUT2D eigenvalue weighted by molar-refractivity contribution is 6.40. The molecule has 9 heteroatoms. The average molecular weight is 415 g/mol. The maximum Gasteiger partial charge on any atom is 0.314 e. The summed E-state index contributed by atoms with van der Waals surface area (Å²) in [5.74, 6) is -1.19. The van der Waals surface area contributed by atoms with Crippen molar-refractivity contribution < 1.29 is 9.59 Å². The Hall–Kier alpha value is -4.27. The van der Waals surface area contributed by atoms with Crippen LogP contribution >= 0.6 is 0 Å². The van der Waals surface area contributed by atoms with Gasteiger partial charge in [-0.3, -0.25) is 19.7 Å². The van der Waals surface area contributed by atoms with Gasteiger partial charge in [0, 0.05) is 12.7 Å². The number of aryl methyl sites for hydroxylation is 1. The molecule has 2 amide bonds. The lowest BCUT2D eigenvalue weighted by molar-refractivity contribution is -0.144. The van der Waals surface area contributed by atoms with E-state index in [-0.39, 0.29) is 18.9 Å². The number of nitrogens with zero attached hydrogens (tertiary/aromatic N) is 4. The summed E-state index contributed by atoms with van der Waals surface area (Å²) >= 11 is 0. The largest absolute Gasteiger partial charge is 0.383 e. The molecule has 0 aliphatic rings. The lowest BCUT2D eigenvalue weighted by atomic mass is 10.2. The number of carbonyl (C=O) groups excluding carboxylic acids is 2. The fourth-order valence-corrected chi connectivity index (χ4v) is 3.16. The number of fused-ring (bicyclic) bond motifs is 1. The normalized spacial score (nSPS) is 10.7. The Kier molecular flexibility index (Phi) is 5.57. The zero-order chi connectivity index (χ0) is 21.8. The second kappa shape index (κ2) is 8.62. The van der Waals surface area contributed by atoms with Gasteiger partial charge in [-0.15, -0.1) is 0 Å². The lowest BCUT2D eigenvalue weighted by Gasteiger charge is -2.22. The van der Waals surface area contributed by atoms with Crippen LogP contribution in [0.25, 0.3) is 10.9 Å². The van der Waals surface area contributed by atoms with E-state index in [1.165, 1.54) is 17.3 Å². The monoisotopic (exact) mass is 415 g/mol. The molecule has 9 nitrogen and oxygen atoms in total. The molecule has 4 N–H and O–H groups in total. The molecule has 31 heavy (non-hydrogen) atoms. The van der Waals surface area contributed by atoms with Gasteiger partial charge in [-0.2, -0.15) is 5.10 Å². The predicted molar refractivity (Wildman–Crippen MR) is 117 cm³/mol. The van der Waals surface area contributed by atoms with Gasteiger partial charge in [-0.05, 0) is 24.1 Å². The first-order valence-electron chi connectivity index (χ1n) is 9.64. The first-order chi connectivity index (χ1) is 15.0. The van der Waals surface area contributed by atoms with E-state index in [0.717, 1.165) is 11.1 Å². The zero-order valence-electron chi connectivity index (χ0n) is 16.9. The Morgan fingerprint density at radius 1 is 1.03 bits per heavy atom. The quantitative estimate of drug-likeness (QED) is 0.429. The number of nitrogens with two attached hydrogens (primary N) is 1. The smallest absolute Gasteiger partial charge is 0.314 e. The van der Waals surface area contributed by atoms with E-state index >= 15 is 0 Å². The topological polar surface area (TPSA) is 130 Å². The molecule has 0 radical (unpaired) electrons. The summed E-state index contributed by atoms with van der Waals surface area (Å²) in [7, 11) is 0. The minimum absolute atomic E-state index is 0.195. The van der Waals surface area contributed by atoms with E-state index in [1.54, 1.807) is 6.20 Å². The van der Waals surface area contributed by atoms with Gasteiger partial charge >= 0.3 is 11.8 Å². The van der Waals surface area contributed by atoms with E-state index in [1.807, 2.05) is 49.4 Å². The summed E-state index contributed by atoms with van der Waals surface area (Å²) in [6, 6.07) is 13.2. The molecule has 3 aromatic heterocycles. The Labute approximate surface area is 178 Å². The Balaban J connectivity index is 1.57. The van der Waals surface area contributed by atoms with Crippen LogP contribution in [-0.2, 0) is 22.7 Å². The van der Waals surface area contributed by atoms with E-state index < -0.39 is 11.8 Å². The van der Waals surface area contributed by atoms with Gasteiger partial charge in [0.25, 0.3) is 0 Å². The number of pyridine rings is 2. The van der Waals surface area contributed by atoms with Crippen LogP contribution in [0.3, 0.4) is 0 Å². The number of hydrogen-bond acceptors (Lipinski definition) is 6. The number of benzene rings is 1. The van der Waals surface area contributed by atoms with Crippen molar-refractivity contribution in [1.29, 1.82) is 0 Å². The second-order valence-electron chi connectivity index (χ2n) is 7.14. The van der Waals surface area contributed by atoms with Gasteiger partial charge < -0.3 is 16.0 Å². The molecule has 0 bridgehead atoms. The molecule has 0 atom stereocenters.